The first-order valence-corrected chi connectivity index (χ1v) is 10.7. The Morgan fingerprint density at radius 3 is 2.86 bits per heavy atom. The molecule has 2 N–H and O–H groups in total. The lowest BCUT2D eigenvalue weighted by molar-refractivity contribution is -0.136. The van der Waals surface area contributed by atoms with Crippen LogP contribution in [0.3, 0.4) is 0 Å². The van der Waals surface area contributed by atoms with E-state index in [1.807, 2.05) is 37.3 Å². The van der Waals surface area contributed by atoms with Crippen molar-refractivity contribution in [3.63, 3.8) is 0 Å². The smallest absolute Gasteiger partial charge is 0.323 e. The number of benzene rings is 1. The van der Waals surface area contributed by atoms with Gasteiger partial charge in [0.25, 0.3) is 5.91 Å². The topological polar surface area (TPSA) is 91.4 Å². The Balaban J connectivity index is 1.37. The molecule has 0 unspecified atom stereocenters. The molecule has 4 amide bonds. The summed E-state index contributed by atoms with van der Waals surface area (Å²) >= 11 is 1.39. The quantitative estimate of drug-likeness (QED) is 0.738. The van der Waals surface area contributed by atoms with E-state index in [9.17, 15) is 14.4 Å². The Morgan fingerprint density at radius 2 is 2.10 bits per heavy atom. The number of urea groups is 1. The third-order valence-corrected chi connectivity index (χ3v) is 6.74. The number of hydrogen-bond donors (Lipinski definition) is 2. The second-order valence-corrected chi connectivity index (χ2v) is 8.90. The third-order valence-electron chi connectivity index (χ3n) is 5.82. The highest BCUT2D eigenvalue weighted by Crippen LogP contribution is 2.38. The standard InChI is InChI=1S/C21H24N4O3S/c1-14-7-5-6-10-21(14)18(27)25(20(28)24-21)13-17(26)23-19-22-12-16(29-19)11-15-8-3-2-4-9-15/h2-4,8-9,12,14H,5-7,10-11,13H2,1H3,(H,24,28)(H,22,23,26)/t14-,21+/m1/s1. The van der Waals surface area contributed by atoms with Gasteiger partial charge in [-0.15, -0.1) is 11.3 Å². The van der Waals surface area contributed by atoms with Gasteiger partial charge in [0, 0.05) is 17.5 Å². The number of amides is 4. The second kappa shape index (κ2) is 7.94. The fraction of sp³-hybridized carbons (Fsp3) is 0.429. The molecule has 2 aromatic rings. The van der Waals surface area contributed by atoms with Crippen molar-refractivity contribution < 1.29 is 14.4 Å². The molecule has 1 saturated carbocycles. The van der Waals surface area contributed by atoms with E-state index in [0.717, 1.165) is 35.5 Å². The van der Waals surface area contributed by atoms with Gasteiger partial charge in [0.15, 0.2) is 5.13 Å². The summed E-state index contributed by atoms with van der Waals surface area (Å²) in [6, 6.07) is 9.53. The molecule has 2 aliphatic rings. The summed E-state index contributed by atoms with van der Waals surface area (Å²) < 4.78 is 0. The number of carbonyl (C=O) groups excluding carboxylic acids is 3. The zero-order chi connectivity index (χ0) is 20.4. The van der Waals surface area contributed by atoms with Gasteiger partial charge in [-0.1, -0.05) is 50.1 Å². The lowest BCUT2D eigenvalue weighted by Gasteiger charge is -2.36. The summed E-state index contributed by atoms with van der Waals surface area (Å²) in [7, 11) is 0. The average molecular weight is 413 g/mol. The molecule has 1 aromatic heterocycles. The highest BCUT2D eigenvalue weighted by atomic mass is 32.1. The van der Waals surface area contributed by atoms with Gasteiger partial charge in [0.2, 0.25) is 5.91 Å². The molecule has 2 heterocycles. The predicted octanol–water partition coefficient (Wildman–Crippen LogP) is 3.17. The van der Waals surface area contributed by atoms with Gasteiger partial charge in [0.1, 0.15) is 12.1 Å². The van der Waals surface area contributed by atoms with E-state index in [4.69, 9.17) is 0 Å². The van der Waals surface area contributed by atoms with E-state index in [0.29, 0.717) is 11.6 Å². The number of carbonyl (C=O) groups is 3. The number of anilines is 1. The maximum atomic E-state index is 12.9. The van der Waals surface area contributed by atoms with Gasteiger partial charge >= 0.3 is 6.03 Å². The molecule has 0 bridgehead atoms. The van der Waals surface area contributed by atoms with Gasteiger partial charge in [0.05, 0.1) is 0 Å². The van der Waals surface area contributed by atoms with Crippen LogP contribution in [-0.2, 0) is 16.0 Å². The third kappa shape index (κ3) is 3.89. The van der Waals surface area contributed by atoms with Crippen LogP contribution in [0, 0.1) is 5.92 Å². The van der Waals surface area contributed by atoms with Crippen LogP contribution in [0.2, 0.25) is 0 Å². The molecule has 1 aromatic carbocycles. The molecule has 1 aliphatic carbocycles. The zero-order valence-corrected chi connectivity index (χ0v) is 17.1. The van der Waals surface area contributed by atoms with Crippen LogP contribution in [0.15, 0.2) is 36.5 Å². The van der Waals surface area contributed by atoms with Gasteiger partial charge < -0.3 is 10.6 Å². The molecular formula is C21H24N4O3S. The summed E-state index contributed by atoms with van der Waals surface area (Å²) in [6.07, 6.45) is 5.96. The molecule has 1 aliphatic heterocycles. The van der Waals surface area contributed by atoms with Crippen molar-refractivity contribution in [2.75, 3.05) is 11.9 Å². The molecule has 8 heteroatoms. The van der Waals surface area contributed by atoms with Crippen LogP contribution < -0.4 is 10.6 Å². The predicted molar refractivity (Wildman–Crippen MR) is 111 cm³/mol. The van der Waals surface area contributed by atoms with Gasteiger partial charge in [-0.3, -0.25) is 14.5 Å². The van der Waals surface area contributed by atoms with Crippen molar-refractivity contribution in [2.24, 2.45) is 5.92 Å². The van der Waals surface area contributed by atoms with Crippen molar-refractivity contribution in [2.45, 2.75) is 44.6 Å². The van der Waals surface area contributed by atoms with Crippen LogP contribution in [0.5, 0.6) is 0 Å². The number of nitrogens with zero attached hydrogens (tertiary/aromatic N) is 2. The van der Waals surface area contributed by atoms with Gasteiger partial charge in [-0.05, 0) is 24.3 Å². The summed E-state index contributed by atoms with van der Waals surface area (Å²) in [6.45, 7) is 1.69. The average Bonchev–Trinajstić information content (AvgIpc) is 3.23. The van der Waals surface area contributed by atoms with Crippen molar-refractivity contribution in [1.82, 2.24) is 15.2 Å². The Bertz CT molecular complexity index is 929. The maximum Gasteiger partial charge on any atom is 0.325 e. The van der Waals surface area contributed by atoms with Crippen LogP contribution >= 0.6 is 11.3 Å². The Morgan fingerprint density at radius 1 is 1.31 bits per heavy atom. The van der Waals surface area contributed by atoms with E-state index in [1.165, 1.54) is 16.9 Å². The van der Waals surface area contributed by atoms with Crippen LogP contribution in [0.25, 0.3) is 0 Å². The minimum absolute atomic E-state index is 0.0697. The Hall–Kier alpha value is -2.74. The first-order valence-electron chi connectivity index (χ1n) is 9.90. The maximum absolute atomic E-state index is 12.9. The Labute approximate surface area is 173 Å². The summed E-state index contributed by atoms with van der Waals surface area (Å²) in [5.41, 5.74) is 0.319. The highest BCUT2D eigenvalue weighted by Gasteiger charge is 2.55. The molecule has 0 radical (unpaired) electrons. The number of hydrogen-bond acceptors (Lipinski definition) is 5. The molecule has 1 saturated heterocycles. The lowest BCUT2D eigenvalue weighted by atomic mass is 9.73. The summed E-state index contributed by atoms with van der Waals surface area (Å²) in [5.74, 6) is -0.636. The van der Waals surface area contributed by atoms with Crippen LogP contribution in [-0.4, -0.2) is 39.8 Å². The van der Waals surface area contributed by atoms with Crippen molar-refractivity contribution in [1.29, 1.82) is 0 Å². The molecule has 2 fully saturated rings. The Kier molecular flexibility index (Phi) is 5.36. The van der Waals surface area contributed by atoms with E-state index < -0.39 is 17.5 Å². The summed E-state index contributed by atoms with van der Waals surface area (Å²) in [4.78, 5) is 44.1. The normalized spacial score (nSPS) is 24.0. The van der Waals surface area contributed by atoms with Gasteiger partial charge in [-0.2, -0.15) is 0 Å². The van der Waals surface area contributed by atoms with Crippen LogP contribution in [0.4, 0.5) is 9.93 Å². The fourth-order valence-corrected chi connectivity index (χ4v) is 5.05. The second-order valence-electron chi connectivity index (χ2n) is 7.78. The lowest BCUT2D eigenvalue weighted by Crippen LogP contribution is -2.54. The zero-order valence-electron chi connectivity index (χ0n) is 16.3. The number of thiazole rings is 1. The SMILES string of the molecule is C[C@@H]1CCCC[C@]12NC(=O)N(CC(=O)Nc1ncc(Cc3ccccc3)s1)C2=O. The summed E-state index contributed by atoms with van der Waals surface area (Å²) in [5, 5.41) is 6.04. The molecule has 7 nitrogen and oxygen atoms in total. The molecule has 4 rings (SSSR count). The van der Waals surface area contributed by atoms with E-state index >= 15 is 0 Å². The fourth-order valence-electron chi connectivity index (χ4n) is 4.19. The highest BCUT2D eigenvalue weighted by molar-refractivity contribution is 7.15. The van der Waals surface area contributed by atoms with Crippen LogP contribution in [0.1, 0.15) is 43.0 Å². The van der Waals surface area contributed by atoms with Crippen molar-refractivity contribution in [3.05, 3.63) is 47.0 Å². The monoisotopic (exact) mass is 412 g/mol. The van der Waals surface area contributed by atoms with Crippen molar-refractivity contribution in [3.8, 4) is 0 Å². The van der Waals surface area contributed by atoms with E-state index in [-0.39, 0.29) is 18.4 Å². The largest absolute Gasteiger partial charge is 0.325 e. The first-order chi connectivity index (χ1) is 14.0. The molecule has 152 valence electrons. The molecule has 2 atom stereocenters. The number of nitrogens with one attached hydrogen (secondary N) is 2. The van der Waals surface area contributed by atoms with Gasteiger partial charge in [-0.25, -0.2) is 9.78 Å². The number of rotatable bonds is 5. The first kappa shape index (κ1) is 19.6. The molecule has 1 spiro atoms. The molecule has 29 heavy (non-hydrogen) atoms. The van der Waals surface area contributed by atoms with E-state index in [1.54, 1.807) is 6.20 Å². The number of aromatic nitrogens is 1. The molecular weight excluding hydrogens is 388 g/mol. The van der Waals surface area contributed by atoms with E-state index in [2.05, 4.69) is 15.6 Å². The number of imide groups is 1. The minimum Gasteiger partial charge on any atom is -0.323 e. The minimum atomic E-state index is -0.848. The van der Waals surface area contributed by atoms with Crippen molar-refractivity contribution >= 4 is 34.3 Å².